The van der Waals surface area contributed by atoms with Crippen molar-refractivity contribution in [2.24, 2.45) is 0 Å². The van der Waals surface area contributed by atoms with E-state index in [1.54, 1.807) is 32.1 Å². The fraction of sp³-hybridized carbons (Fsp3) is 0.316. The summed E-state index contributed by atoms with van der Waals surface area (Å²) in [7, 11) is 0. The summed E-state index contributed by atoms with van der Waals surface area (Å²) < 4.78 is 10.1. The lowest BCUT2D eigenvalue weighted by molar-refractivity contribution is -0.134. The van der Waals surface area contributed by atoms with Gasteiger partial charge in [-0.25, -0.2) is 4.79 Å². The van der Waals surface area contributed by atoms with E-state index >= 15 is 0 Å². The van der Waals surface area contributed by atoms with Crippen molar-refractivity contribution < 1.29 is 24.5 Å². The van der Waals surface area contributed by atoms with Crippen molar-refractivity contribution in [1.82, 2.24) is 0 Å². The van der Waals surface area contributed by atoms with Crippen molar-refractivity contribution in [1.29, 1.82) is 0 Å². The first-order valence-corrected chi connectivity index (χ1v) is 7.47. The molecule has 5 nitrogen and oxygen atoms in total. The average Bonchev–Trinajstić information content (AvgIpc) is 2.51. The number of hydrogen-bond acceptors (Lipinski definition) is 5. The fourth-order valence-corrected chi connectivity index (χ4v) is 1.46. The summed E-state index contributed by atoms with van der Waals surface area (Å²) in [6, 6.07) is 0. The number of aliphatic hydroxyl groups excluding tert-OH is 1. The molecule has 0 amide bonds. The normalized spacial score (nSPS) is 12.4. The lowest BCUT2D eigenvalue weighted by atomic mass is 10.0. The molecule has 0 aromatic carbocycles. The molecule has 0 radical (unpaired) electrons. The molecule has 0 unspecified atom stereocenters. The number of rotatable bonds is 10. The number of allylic oxidation sites excluding steroid dienone is 7. The Morgan fingerprint density at radius 2 is 1.75 bits per heavy atom. The number of hydrogen-bond donors (Lipinski definition) is 2. The minimum Gasteiger partial charge on any atom is -0.493 e. The zero-order chi connectivity index (χ0) is 18.7. The van der Waals surface area contributed by atoms with Gasteiger partial charge < -0.3 is 19.7 Å². The maximum atomic E-state index is 11.4. The molecule has 0 saturated heterocycles. The Kier molecular flexibility index (Phi) is 10.1. The van der Waals surface area contributed by atoms with E-state index in [2.05, 4.69) is 19.7 Å². The third-order valence-electron chi connectivity index (χ3n) is 2.82. The maximum absolute atomic E-state index is 11.4. The van der Waals surface area contributed by atoms with Crippen LogP contribution in [0.25, 0.3) is 0 Å². The molecule has 2 N–H and O–H groups in total. The van der Waals surface area contributed by atoms with Gasteiger partial charge in [-0.05, 0) is 43.6 Å². The van der Waals surface area contributed by atoms with Crippen LogP contribution in [0.1, 0.15) is 27.2 Å². The average molecular weight is 334 g/mol. The Balaban J connectivity index is 4.79. The van der Waals surface area contributed by atoms with Crippen LogP contribution in [0.2, 0.25) is 0 Å². The predicted molar refractivity (Wildman–Crippen MR) is 94.6 cm³/mol. The number of ether oxygens (including phenoxy) is 2. The van der Waals surface area contributed by atoms with Crippen LogP contribution in [0.5, 0.6) is 0 Å². The highest BCUT2D eigenvalue weighted by molar-refractivity contribution is 5.87. The van der Waals surface area contributed by atoms with E-state index in [-0.39, 0.29) is 12.4 Å². The smallest absolute Gasteiger partial charge is 0.338 e. The van der Waals surface area contributed by atoms with Crippen LogP contribution in [-0.4, -0.2) is 29.1 Å². The SMILES string of the molecule is C=C(/C=C\C(=C)/C(=C/C=C(\C)OCC(O)O)CC)OC(=O)C(=C)C. The van der Waals surface area contributed by atoms with Gasteiger partial charge in [0, 0.05) is 5.57 Å². The summed E-state index contributed by atoms with van der Waals surface area (Å²) >= 11 is 0. The Morgan fingerprint density at radius 1 is 1.12 bits per heavy atom. The van der Waals surface area contributed by atoms with Crippen LogP contribution in [0.3, 0.4) is 0 Å². The van der Waals surface area contributed by atoms with Gasteiger partial charge in [-0.15, -0.1) is 0 Å². The van der Waals surface area contributed by atoms with Crippen molar-refractivity contribution in [3.8, 4) is 0 Å². The van der Waals surface area contributed by atoms with Crippen LogP contribution < -0.4 is 0 Å². The van der Waals surface area contributed by atoms with Gasteiger partial charge in [-0.2, -0.15) is 0 Å². The number of carbonyl (C=O) groups excluding carboxylic acids is 1. The van der Waals surface area contributed by atoms with Crippen molar-refractivity contribution >= 4 is 5.97 Å². The first kappa shape index (κ1) is 21.6. The highest BCUT2D eigenvalue weighted by atomic mass is 16.5. The third-order valence-corrected chi connectivity index (χ3v) is 2.82. The minimum atomic E-state index is -1.51. The Labute approximate surface area is 143 Å². The standard InChI is InChI=1S/C19H26O5/c1-7-17(11-10-15(5)23-12-18(20)21)14(4)8-9-16(6)24-19(22)13(2)3/h8-11,18,20-21H,2,4,6-7,12H2,1,3,5H3/b9-8-,15-10+,17-11+. The van der Waals surface area contributed by atoms with Gasteiger partial charge in [-0.3, -0.25) is 0 Å². The van der Waals surface area contributed by atoms with Gasteiger partial charge >= 0.3 is 5.97 Å². The molecule has 132 valence electrons. The van der Waals surface area contributed by atoms with Gasteiger partial charge in [0.25, 0.3) is 0 Å². The Morgan fingerprint density at radius 3 is 2.25 bits per heavy atom. The van der Waals surface area contributed by atoms with E-state index in [1.165, 1.54) is 0 Å². The van der Waals surface area contributed by atoms with Crippen LogP contribution in [0.15, 0.2) is 72.3 Å². The Hall–Kier alpha value is -2.37. The van der Waals surface area contributed by atoms with E-state index in [1.807, 2.05) is 13.0 Å². The summed E-state index contributed by atoms with van der Waals surface area (Å²) in [6.45, 7) is 16.2. The van der Waals surface area contributed by atoms with Gasteiger partial charge in [0.15, 0.2) is 6.29 Å². The number of esters is 1. The topological polar surface area (TPSA) is 76.0 Å². The molecule has 5 heteroatoms. The monoisotopic (exact) mass is 334 g/mol. The highest BCUT2D eigenvalue weighted by Gasteiger charge is 2.04. The van der Waals surface area contributed by atoms with Gasteiger partial charge in [0.05, 0.1) is 5.76 Å². The zero-order valence-corrected chi connectivity index (χ0v) is 14.5. The van der Waals surface area contributed by atoms with Gasteiger partial charge in [0.2, 0.25) is 0 Å². The maximum Gasteiger partial charge on any atom is 0.338 e. The molecule has 0 spiro atoms. The second-order valence-corrected chi connectivity index (χ2v) is 5.11. The molecule has 0 aliphatic rings. The molecule has 0 aliphatic heterocycles. The van der Waals surface area contributed by atoms with Gasteiger partial charge in [-0.1, -0.05) is 38.8 Å². The largest absolute Gasteiger partial charge is 0.493 e. The third kappa shape index (κ3) is 9.61. The van der Waals surface area contributed by atoms with Crippen molar-refractivity contribution in [3.05, 3.63) is 72.3 Å². The molecule has 0 saturated carbocycles. The Bertz CT molecular complexity index is 577. The second kappa shape index (κ2) is 11.2. The van der Waals surface area contributed by atoms with Crippen LogP contribution >= 0.6 is 0 Å². The molecule has 0 fully saturated rings. The van der Waals surface area contributed by atoms with Crippen molar-refractivity contribution in [2.45, 2.75) is 33.5 Å². The van der Waals surface area contributed by atoms with Crippen molar-refractivity contribution in [2.75, 3.05) is 6.61 Å². The first-order chi connectivity index (χ1) is 11.2. The van der Waals surface area contributed by atoms with Crippen LogP contribution in [0.4, 0.5) is 0 Å². The highest BCUT2D eigenvalue weighted by Crippen LogP contribution is 2.15. The summed E-state index contributed by atoms with van der Waals surface area (Å²) in [5, 5.41) is 17.5. The van der Waals surface area contributed by atoms with Crippen LogP contribution in [-0.2, 0) is 14.3 Å². The lowest BCUT2D eigenvalue weighted by Gasteiger charge is -2.08. The predicted octanol–water partition coefficient (Wildman–Crippen LogP) is 3.30. The van der Waals surface area contributed by atoms with E-state index in [4.69, 9.17) is 19.7 Å². The quantitative estimate of drug-likeness (QED) is 0.211. The molecule has 24 heavy (non-hydrogen) atoms. The van der Waals surface area contributed by atoms with E-state index in [0.717, 1.165) is 17.6 Å². The number of carbonyl (C=O) groups is 1. The van der Waals surface area contributed by atoms with E-state index in [9.17, 15) is 4.79 Å². The van der Waals surface area contributed by atoms with E-state index in [0.29, 0.717) is 11.3 Å². The first-order valence-electron chi connectivity index (χ1n) is 7.47. The zero-order valence-electron chi connectivity index (χ0n) is 14.5. The number of aliphatic hydroxyl groups is 2. The molecule has 0 rings (SSSR count). The molecular formula is C19H26O5. The summed E-state index contributed by atoms with van der Waals surface area (Å²) in [5.74, 6) is 0.223. The minimum absolute atomic E-state index is 0.188. The van der Waals surface area contributed by atoms with Crippen molar-refractivity contribution in [3.63, 3.8) is 0 Å². The molecule has 0 aromatic heterocycles. The lowest BCUT2D eigenvalue weighted by Crippen LogP contribution is -2.12. The molecule has 0 aliphatic carbocycles. The molecule has 0 bridgehead atoms. The summed E-state index contributed by atoms with van der Waals surface area (Å²) in [5.41, 5.74) is 1.97. The van der Waals surface area contributed by atoms with Crippen LogP contribution in [0, 0.1) is 0 Å². The summed E-state index contributed by atoms with van der Waals surface area (Å²) in [6.07, 6.45) is 6.03. The fourth-order valence-electron chi connectivity index (χ4n) is 1.46. The van der Waals surface area contributed by atoms with Gasteiger partial charge in [0.1, 0.15) is 12.4 Å². The second-order valence-electron chi connectivity index (χ2n) is 5.11. The molecule has 0 aromatic rings. The molecule has 0 atom stereocenters. The van der Waals surface area contributed by atoms with E-state index < -0.39 is 12.3 Å². The molecular weight excluding hydrogens is 308 g/mol. The summed E-state index contributed by atoms with van der Waals surface area (Å²) in [4.78, 5) is 11.4. The molecule has 0 heterocycles.